The molecule has 12 aromatic heterocycles. The summed E-state index contributed by atoms with van der Waals surface area (Å²) in [6, 6.07) is 164. The molecule has 0 N–H and O–H groups in total. The maximum absolute atomic E-state index is 5.70. The van der Waals surface area contributed by atoms with Crippen molar-refractivity contribution in [1.29, 1.82) is 0 Å². The molecule has 0 bridgehead atoms. The van der Waals surface area contributed by atoms with Gasteiger partial charge in [0.25, 0.3) is 0 Å². The standard InChI is InChI=1S/C50H29N3S2.2C42H23N3S2/c1-3-15-30(16-4-1)32-27-33(31-17-5-2-6-18-31)29-34(28-32)46-45-39-23-11-14-26-42(39)55-49(45)52-50(51-46)53-40-24-12-9-21-37(40)43-44-38-22-10-13-25-41(38)54-48(44)36-20-8-7-19-35(36)47(43)53;1-2-14-25-24(12-1)13-11-20-26(25)38-37-31-19-7-10-23-34(31)47-41(37)44-42(43-38)45-32-21-8-5-17-29(32)35-36-30-18-6-9-22-33(30)46-40(36)28-16-4-3-15-27(28)39(35)45;1-2-12-25-23-26(22-21-24(25)11-1)38-37-31-17-7-10-20-34(31)47-41(37)44-42(43-38)45-32-18-8-5-15-29(32)35-36-30-16-6-9-19-33(30)46-40(36)28-14-4-3-13-27(28)39(35)45/h1-29H;2*1-23H. The van der Waals surface area contributed by atoms with Crippen molar-refractivity contribution >= 4 is 309 Å². The minimum absolute atomic E-state index is 0.677. The van der Waals surface area contributed by atoms with Crippen LogP contribution in [0, 0.1) is 0 Å². The molecule has 0 amide bonds. The summed E-state index contributed by atoms with van der Waals surface area (Å²) in [6.07, 6.45) is 0. The summed E-state index contributed by atoms with van der Waals surface area (Å²) in [5.41, 5.74) is 17.6. The molecule has 22 aromatic carbocycles. The maximum Gasteiger partial charge on any atom is 0.236 e. The third-order valence-electron chi connectivity index (χ3n) is 30.2. The lowest BCUT2D eigenvalue weighted by Gasteiger charge is -2.14. The lowest BCUT2D eigenvalue weighted by Crippen LogP contribution is -2.03. The largest absolute Gasteiger partial charge is 0.277 e. The lowest BCUT2D eigenvalue weighted by molar-refractivity contribution is 1.02. The highest BCUT2D eigenvalue weighted by molar-refractivity contribution is 7.28. The Labute approximate surface area is 873 Å². The molecule has 0 radical (unpaired) electrons. The Kier molecular flexibility index (Phi) is 18.9. The average molecular weight is 2000 g/mol. The summed E-state index contributed by atoms with van der Waals surface area (Å²) in [6.45, 7) is 0. The zero-order chi connectivity index (χ0) is 97.3. The topological polar surface area (TPSA) is 92.1 Å². The highest BCUT2D eigenvalue weighted by Crippen LogP contribution is 2.55. The molecule has 34 rings (SSSR count). The van der Waals surface area contributed by atoms with E-state index in [9.17, 15) is 0 Å². The van der Waals surface area contributed by atoms with Gasteiger partial charge in [0.05, 0.1) is 50.2 Å². The fraction of sp³-hybridized carbons (Fsp3) is 0. The van der Waals surface area contributed by atoms with Gasteiger partial charge in [0.2, 0.25) is 17.8 Å². The van der Waals surface area contributed by atoms with E-state index in [0.29, 0.717) is 17.8 Å². The molecule has 12 heterocycles. The second kappa shape index (κ2) is 33.3. The zero-order valence-corrected chi connectivity index (χ0v) is 84.2. The minimum Gasteiger partial charge on any atom is -0.277 e. The lowest BCUT2D eigenvalue weighted by atomic mass is 9.94. The van der Waals surface area contributed by atoms with Crippen LogP contribution in [0.2, 0.25) is 0 Å². The molecule has 0 aliphatic carbocycles. The molecule has 692 valence electrons. The summed E-state index contributed by atoms with van der Waals surface area (Å²) in [7, 11) is 0. The Bertz CT molecular complexity index is 11700. The highest BCUT2D eigenvalue weighted by atomic mass is 32.1. The fourth-order valence-corrected chi connectivity index (χ4v) is 30.8. The van der Waals surface area contributed by atoms with Gasteiger partial charge in [-0.2, -0.15) is 0 Å². The van der Waals surface area contributed by atoms with Crippen molar-refractivity contribution in [2.75, 3.05) is 0 Å². The first-order chi connectivity index (χ1) is 73.9. The smallest absolute Gasteiger partial charge is 0.236 e. The first-order valence-corrected chi connectivity index (χ1v) is 54.9. The number of para-hydroxylation sites is 3. The molecule has 15 heteroatoms. The van der Waals surface area contributed by atoms with E-state index in [0.717, 1.165) is 109 Å². The van der Waals surface area contributed by atoms with Gasteiger partial charge in [-0.15, -0.1) is 68.0 Å². The van der Waals surface area contributed by atoms with Crippen LogP contribution in [-0.4, -0.2) is 43.6 Å². The van der Waals surface area contributed by atoms with Crippen LogP contribution in [0.5, 0.6) is 0 Å². The van der Waals surface area contributed by atoms with E-state index >= 15 is 0 Å². The number of benzene rings is 22. The Morgan fingerprint density at radius 3 is 0.832 bits per heavy atom. The van der Waals surface area contributed by atoms with Gasteiger partial charge < -0.3 is 0 Å². The van der Waals surface area contributed by atoms with Gasteiger partial charge in [-0.1, -0.05) is 376 Å². The molecule has 34 aromatic rings. The van der Waals surface area contributed by atoms with Crippen molar-refractivity contribution in [3.05, 3.63) is 455 Å². The molecule has 149 heavy (non-hydrogen) atoms. The van der Waals surface area contributed by atoms with Gasteiger partial charge in [0.15, 0.2) is 0 Å². The van der Waals surface area contributed by atoms with Crippen LogP contribution in [0.25, 0.3) is 315 Å². The van der Waals surface area contributed by atoms with E-state index in [4.69, 9.17) is 29.9 Å². The predicted octanol–water partition coefficient (Wildman–Crippen LogP) is 39.0. The van der Waals surface area contributed by atoms with Gasteiger partial charge in [-0.25, -0.2) is 29.9 Å². The van der Waals surface area contributed by atoms with Gasteiger partial charge in [0, 0.05) is 188 Å². The molecule has 9 nitrogen and oxygen atoms in total. The SMILES string of the molecule is c1ccc(-c2cc(-c3ccccc3)cc(-c3nc(-n4c5ccccc5c5c6c7ccccc7sc6c6ccccc6c54)nc4sc5ccccc5c34)c2)cc1.c1ccc2c(-c3nc(-n4c5ccccc5c5c6c7ccccc7sc6c6ccccc6c54)nc4sc5ccccc5c34)cccc2c1.c1ccc2cc(-c3nc(-n4c5ccccc5c5c6c7ccccc7sc6c6ccccc6c54)nc4sc5ccccc5c34)ccc2c1. The van der Waals surface area contributed by atoms with Crippen molar-refractivity contribution in [2.24, 2.45) is 0 Å². The van der Waals surface area contributed by atoms with E-state index in [-0.39, 0.29) is 0 Å². The molecule has 0 saturated heterocycles. The number of hydrogen-bond acceptors (Lipinski definition) is 12. The molecular weight excluding hydrogens is 1930 g/mol. The van der Waals surface area contributed by atoms with E-state index in [1.54, 1.807) is 34.0 Å². The predicted molar refractivity (Wildman–Crippen MR) is 641 cm³/mol. The first-order valence-electron chi connectivity index (χ1n) is 50.0. The van der Waals surface area contributed by atoms with Crippen molar-refractivity contribution in [3.63, 3.8) is 0 Å². The highest BCUT2D eigenvalue weighted by Gasteiger charge is 2.32. The molecular formula is C134H75N9S6. The second-order valence-corrected chi connectivity index (χ2v) is 44.6. The van der Waals surface area contributed by atoms with E-state index < -0.39 is 0 Å². The first kappa shape index (κ1) is 84.4. The van der Waals surface area contributed by atoms with Crippen LogP contribution in [-0.2, 0) is 0 Å². The van der Waals surface area contributed by atoms with Crippen LogP contribution >= 0.6 is 68.0 Å². The third-order valence-corrected chi connectivity index (χ3v) is 37.0. The van der Waals surface area contributed by atoms with E-state index in [1.165, 1.54) is 188 Å². The van der Waals surface area contributed by atoms with E-state index in [1.807, 2.05) is 34.0 Å². The Hall–Kier alpha value is -17.9. The van der Waals surface area contributed by atoms with E-state index in [2.05, 4.69) is 469 Å². The summed E-state index contributed by atoms with van der Waals surface area (Å²) in [4.78, 5) is 36.2. The summed E-state index contributed by atoms with van der Waals surface area (Å²) >= 11 is 10.9. The summed E-state index contributed by atoms with van der Waals surface area (Å²) in [5.74, 6) is 2.07. The number of nitrogens with zero attached hydrogens (tertiary/aromatic N) is 9. The van der Waals surface area contributed by atoms with Crippen molar-refractivity contribution in [2.45, 2.75) is 0 Å². The van der Waals surface area contributed by atoms with Crippen molar-refractivity contribution in [3.8, 4) is 73.9 Å². The molecule has 0 atom stereocenters. The summed E-state index contributed by atoms with van der Waals surface area (Å²) in [5, 5.41) is 34.3. The average Bonchev–Trinajstić information content (AvgIpc) is 1.54. The Morgan fingerprint density at radius 1 is 0.154 bits per heavy atom. The monoisotopic (exact) mass is 2000 g/mol. The Balaban J connectivity index is 0.0000000993. The maximum atomic E-state index is 5.70. The molecule has 0 spiro atoms. The van der Waals surface area contributed by atoms with Crippen LogP contribution in [0.15, 0.2) is 455 Å². The molecule has 0 unspecified atom stereocenters. The van der Waals surface area contributed by atoms with Gasteiger partial charge in [-0.3, -0.25) is 13.7 Å². The number of aromatic nitrogens is 9. The quantitative estimate of drug-likeness (QED) is 0.150. The van der Waals surface area contributed by atoms with Crippen molar-refractivity contribution in [1.82, 2.24) is 43.6 Å². The normalized spacial score (nSPS) is 12.2. The number of thiophene rings is 6. The zero-order valence-electron chi connectivity index (χ0n) is 79.3. The second-order valence-electron chi connectivity index (χ2n) is 38.3. The summed E-state index contributed by atoms with van der Waals surface area (Å²) < 4.78 is 18.5. The molecule has 0 aliphatic rings. The van der Waals surface area contributed by atoms with Crippen LogP contribution in [0.1, 0.15) is 0 Å². The number of fused-ring (bicyclic) bond motifs is 41. The fourth-order valence-electron chi connectivity index (χ4n) is 23.9. The van der Waals surface area contributed by atoms with Gasteiger partial charge >= 0.3 is 0 Å². The Morgan fingerprint density at radius 2 is 0.436 bits per heavy atom. The van der Waals surface area contributed by atoms with Crippen LogP contribution < -0.4 is 0 Å². The van der Waals surface area contributed by atoms with Crippen LogP contribution in [0.3, 0.4) is 0 Å². The minimum atomic E-state index is 0.677. The van der Waals surface area contributed by atoms with Crippen LogP contribution in [0.4, 0.5) is 0 Å². The number of rotatable bonds is 8. The number of hydrogen-bond donors (Lipinski definition) is 0. The molecule has 0 aliphatic heterocycles. The molecule has 0 fully saturated rings. The van der Waals surface area contributed by atoms with Crippen molar-refractivity contribution < 1.29 is 0 Å². The molecule has 0 saturated carbocycles. The van der Waals surface area contributed by atoms with Gasteiger partial charge in [0.1, 0.15) is 14.5 Å². The van der Waals surface area contributed by atoms with Gasteiger partial charge in [-0.05, 0) is 123 Å². The third kappa shape index (κ3) is 12.9.